The third-order valence-electron chi connectivity index (χ3n) is 4.54. The van der Waals surface area contributed by atoms with Gasteiger partial charge in [-0.3, -0.25) is 9.59 Å². The Morgan fingerprint density at radius 3 is 2.80 bits per heavy atom. The first-order chi connectivity index (χ1) is 12.0. The lowest BCUT2D eigenvalue weighted by atomic mass is 9.99. The summed E-state index contributed by atoms with van der Waals surface area (Å²) in [4.78, 5) is 24.2. The van der Waals surface area contributed by atoms with Gasteiger partial charge in [-0.05, 0) is 47.7 Å². The number of benzene rings is 2. The van der Waals surface area contributed by atoms with Crippen molar-refractivity contribution < 1.29 is 14.7 Å². The molecule has 2 aromatic carbocycles. The highest BCUT2D eigenvalue weighted by Crippen LogP contribution is 2.27. The average Bonchev–Trinajstić information content (AvgIpc) is 2.62. The van der Waals surface area contributed by atoms with Gasteiger partial charge in [-0.15, -0.1) is 0 Å². The Balaban J connectivity index is 1.65. The largest absolute Gasteiger partial charge is 0.481 e. The van der Waals surface area contributed by atoms with Gasteiger partial charge in [-0.2, -0.15) is 0 Å². The Hall–Kier alpha value is -2.82. The lowest BCUT2D eigenvalue weighted by Crippen LogP contribution is -2.31. The molecule has 1 aliphatic heterocycles. The van der Waals surface area contributed by atoms with Gasteiger partial charge in [-0.25, -0.2) is 0 Å². The summed E-state index contributed by atoms with van der Waals surface area (Å²) < 4.78 is 0. The van der Waals surface area contributed by atoms with E-state index in [9.17, 15) is 9.59 Å². The maximum absolute atomic E-state index is 11.8. The summed E-state index contributed by atoms with van der Waals surface area (Å²) in [7, 11) is 1.82. The number of aryl methyl sites for hydroxylation is 2. The number of carbonyl (C=O) groups excluding carboxylic acids is 1. The van der Waals surface area contributed by atoms with E-state index in [1.807, 2.05) is 43.4 Å². The first-order valence-corrected chi connectivity index (χ1v) is 8.46. The topological polar surface area (TPSA) is 69.6 Å². The fraction of sp³-hybridized carbons (Fsp3) is 0.300. The molecule has 2 N–H and O–H groups in total. The normalized spacial score (nSPS) is 13.5. The van der Waals surface area contributed by atoms with Gasteiger partial charge < -0.3 is 15.3 Å². The van der Waals surface area contributed by atoms with Crippen molar-refractivity contribution in [2.24, 2.45) is 0 Å². The number of fused-ring (bicyclic) bond motifs is 1. The molecule has 5 heteroatoms. The zero-order valence-corrected chi connectivity index (χ0v) is 14.3. The summed E-state index contributed by atoms with van der Waals surface area (Å²) in [6.45, 7) is 0.688. The predicted octanol–water partition coefficient (Wildman–Crippen LogP) is 3.22. The Bertz CT molecular complexity index is 801. The predicted molar refractivity (Wildman–Crippen MR) is 97.9 cm³/mol. The standard InChI is InChI=1S/C20H22N2O3/c1-22-18-8-5-15(11-16(18)7-9-19(22)23)13-21-17-4-2-3-14(12-17)6-10-20(24)25/h2-5,8,11-12,21H,6-7,9-10,13H2,1H3,(H,24,25). The second-order valence-electron chi connectivity index (χ2n) is 6.36. The van der Waals surface area contributed by atoms with Gasteiger partial charge in [0.1, 0.15) is 0 Å². The fourth-order valence-corrected chi connectivity index (χ4v) is 3.11. The molecule has 1 heterocycles. The molecule has 2 aromatic rings. The van der Waals surface area contributed by atoms with Gasteiger partial charge >= 0.3 is 5.97 Å². The molecule has 0 aromatic heterocycles. The summed E-state index contributed by atoms with van der Waals surface area (Å²) >= 11 is 0. The van der Waals surface area contributed by atoms with Gasteiger partial charge in [-0.1, -0.05) is 24.3 Å². The maximum atomic E-state index is 11.8. The SMILES string of the molecule is CN1C(=O)CCc2cc(CNc3cccc(CCC(=O)O)c3)ccc21. The van der Waals surface area contributed by atoms with Crippen LogP contribution >= 0.6 is 0 Å². The smallest absolute Gasteiger partial charge is 0.303 e. The number of carboxylic acids is 1. The minimum absolute atomic E-state index is 0.139. The van der Waals surface area contributed by atoms with Crippen LogP contribution in [0.2, 0.25) is 0 Å². The van der Waals surface area contributed by atoms with Gasteiger partial charge in [0.25, 0.3) is 0 Å². The highest BCUT2D eigenvalue weighted by molar-refractivity contribution is 5.95. The third kappa shape index (κ3) is 4.18. The molecule has 130 valence electrons. The van der Waals surface area contributed by atoms with E-state index < -0.39 is 5.97 Å². The number of rotatable bonds is 6. The number of nitrogens with one attached hydrogen (secondary N) is 1. The van der Waals surface area contributed by atoms with Gasteiger partial charge in [0.2, 0.25) is 5.91 Å². The second-order valence-corrected chi connectivity index (χ2v) is 6.36. The minimum Gasteiger partial charge on any atom is -0.481 e. The Morgan fingerprint density at radius 1 is 1.16 bits per heavy atom. The van der Waals surface area contributed by atoms with Crippen LogP contribution < -0.4 is 10.2 Å². The Morgan fingerprint density at radius 2 is 2.00 bits per heavy atom. The molecular weight excluding hydrogens is 316 g/mol. The van der Waals surface area contributed by atoms with Crippen molar-refractivity contribution in [2.45, 2.75) is 32.2 Å². The van der Waals surface area contributed by atoms with E-state index in [0.29, 0.717) is 19.4 Å². The first kappa shape index (κ1) is 17.0. The fourth-order valence-electron chi connectivity index (χ4n) is 3.11. The zero-order chi connectivity index (χ0) is 17.8. The van der Waals surface area contributed by atoms with Crippen LogP contribution in [0.4, 0.5) is 11.4 Å². The van der Waals surface area contributed by atoms with Crippen molar-refractivity contribution in [3.8, 4) is 0 Å². The van der Waals surface area contributed by atoms with Crippen LogP contribution in [0.15, 0.2) is 42.5 Å². The number of nitrogens with zero attached hydrogens (tertiary/aromatic N) is 1. The number of hydrogen-bond acceptors (Lipinski definition) is 3. The molecule has 5 nitrogen and oxygen atoms in total. The molecule has 1 amide bonds. The van der Waals surface area contributed by atoms with Gasteiger partial charge in [0.15, 0.2) is 0 Å². The van der Waals surface area contributed by atoms with E-state index in [1.54, 1.807) is 4.90 Å². The first-order valence-electron chi connectivity index (χ1n) is 8.46. The van der Waals surface area contributed by atoms with Crippen molar-refractivity contribution in [3.63, 3.8) is 0 Å². The van der Waals surface area contributed by atoms with E-state index in [-0.39, 0.29) is 12.3 Å². The van der Waals surface area contributed by atoms with Crippen LogP contribution in [-0.4, -0.2) is 24.0 Å². The molecule has 0 unspecified atom stereocenters. The van der Waals surface area contributed by atoms with E-state index in [4.69, 9.17) is 5.11 Å². The molecule has 0 radical (unpaired) electrons. The van der Waals surface area contributed by atoms with Crippen molar-refractivity contribution in [1.82, 2.24) is 0 Å². The number of hydrogen-bond donors (Lipinski definition) is 2. The Kier molecular flexibility index (Phi) is 5.03. The molecule has 0 aliphatic carbocycles. The van der Waals surface area contributed by atoms with Crippen LogP contribution in [-0.2, 0) is 29.0 Å². The number of anilines is 2. The lowest BCUT2D eigenvalue weighted by Gasteiger charge is -2.26. The van der Waals surface area contributed by atoms with Crippen molar-refractivity contribution in [2.75, 3.05) is 17.3 Å². The molecule has 0 fully saturated rings. The van der Waals surface area contributed by atoms with Crippen LogP contribution in [0.1, 0.15) is 29.5 Å². The van der Waals surface area contributed by atoms with E-state index in [1.165, 1.54) is 5.56 Å². The third-order valence-corrected chi connectivity index (χ3v) is 4.54. The number of amides is 1. The van der Waals surface area contributed by atoms with Gasteiger partial charge in [0, 0.05) is 37.8 Å². The van der Waals surface area contributed by atoms with E-state index in [2.05, 4.69) is 11.4 Å². The molecule has 3 rings (SSSR count). The molecular formula is C20H22N2O3. The molecule has 1 aliphatic rings. The van der Waals surface area contributed by atoms with E-state index >= 15 is 0 Å². The lowest BCUT2D eigenvalue weighted by molar-refractivity contribution is -0.137. The number of aliphatic carboxylic acids is 1. The summed E-state index contributed by atoms with van der Waals surface area (Å²) in [5, 5.41) is 12.2. The molecule has 0 saturated heterocycles. The molecule has 25 heavy (non-hydrogen) atoms. The molecule has 0 atom stereocenters. The average molecular weight is 338 g/mol. The summed E-state index contributed by atoms with van der Waals surface area (Å²) in [5.41, 5.74) is 5.36. The summed E-state index contributed by atoms with van der Waals surface area (Å²) in [5.74, 6) is -0.618. The second kappa shape index (κ2) is 7.38. The van der Waals surface area contributed by atoms with Crippen LogP contribution in [0.3, 0.4) is 0 Å². The van der Waals surface area contributed by atoms with Crippen molar-refractivity contribution >= 4 is 23.3 Å². The van der Waals surface area contributed by atoms with E-state index in [0.717, 1.165) is 28.9 Å². The summed E-state index contributed by atoms with van der Waals surface area (Å²) in [6, 6.07) is 14.1. The quantitative estimate of drug-likeness (QED) is 0.848. The van der Waals surface area contributed by atoms with Crippen molar-refractivity contribution in [1.29, 1.82) is 0 Å². The zero-order valence-electron chi connectivity index (χ0n) is 14.3. The van der Waals surface area contributed by atoms with Crippen molar-refractivity contribution in [3.05, 3.63) is 59.2 Å². The molecule has 0 saturated carbocycles. The molecule has 0 bridgehead atoms. The summed E-state index contributed by atoms with van der Waals surface area (Å²) in [6.07, 6.45) is 2.02. The monoisotopic (exact) mass is 338 g/mol. The van der Waals surface area contributed by atoms with Gasteiger partial charge in [0.05, 0.1) is 0 Å². The molecule has 0 spiro atoms. The Labute approximate surface area is 147 Å². The maximum Gasteiger partial charge on any atom is 0.303 e. The number of carbonyl (C=O) groups is 2. The van der Waals surface area contributed by atoms with Crippen LogP contribution in [0, 0.1) is 0 Å². The highest BCUT2D eigenvalue weighted by Gasteiger charge is 2.20. The highest BCUT2D eigenvalue weighted by atomic mass is 16.4. The number of carboxylic acid groups (broad SMARTS) is 1. The minimum atomic E-state index is -0.782. The van der Waals surface area contributed by atoms with Crippen LogP contribution in [0.25, 0.3) is 0 Å². The van der Waals surface area contributed by atoms with Crippen LogP contribution in [0.5, 0.6) is 0 Å².